The molecule has 0 saturated carbocycles. The third kappa shape index (κ3) is 5.51. The van der Waals surface area contributed by atoms with Crippen molar-refractivity contribution in [3.8, 4) is 0 Å². The molecule has 1 amide bonds. The molecule has 0 bridgehead atoms. The lowest BCUT2D eigenvalue weighted by atomic mass is 10.2. The van der Waals surface area contributed by atoms with E-state index in [0.717, 1.165) is 45.0 Å². The third-order valence-electron chi connectivity index (χ3n) is 4.04. The van der Waals surface area contributed by atoms with Crippen molar-refractivity contribution in [2.45, 2.75) is 6.54 Å². The van der Waals surface area contributed by atoms with Gasteiger partial charge in [-0.25, -0.2) is 4.98 Å². The smallest absolute Gasteiger partial charge is 0.251 e. The third-order valence-corrected chi connectivity index (χ3v) is 4.04. The summed E-state index contributed by atoms with van der Waals surface area (Å²) >= 11 is 0. The summed E-state index contributed by atoms with van der Waals surface area (Å²) in [6.07, 6.45) is 5.10. The molecule has 25 heavy (non-hydrogen) atoms. The van der Waals surface area contributed by atoms with Crippen LogP contribution in [0, 0.1) is 0 Å². The number of hydrogen-bond acceptors (Lipinski definition) is 6. The Morgan fingerprint density at radius 3 is 2.92 bits per heavy atom. The Kier molecular flexibility index (Phi) is 6.30. The van der Waals surface area contributed by atoms with Gasteiger partial charge in [0.15, 0.2) is 0 Å². The molecule has 7 nitrogen and oxygen atoms in total. The highest BCUT2D eigenvalue weighted by Gasteiger charge is 2.10. The number of ether oxygens (including phenoxy) is 1. The molecule has 1 fully saturated rings. The molecule has 0 atom stereocenters. The number of pyridine rings is 2. The van der Waals surface area contributed by atoms with Crippen LogP contribution >= 0.6 is 0 Å². The molecule has 0 aromatic carbocycles. The number of carbonyl (C=O) groups is 1. The van der Waals surface area contributed by atoms with Crippen molar-refractivity contribution in [2.24, 2.45) is 0 Å². The zero-order valence-electron chi connectivity index (χ0n) is 14.1. The van der Waals surface area contributed by atoms with Crippen molar-refractivity contribution in [3.05, 3.63) is 54.0 Å². The van der Waals surface area contributed by atoms with Crippen molar-refractivity contribution in [1.29, 1.82) is 0 Å². The van der Waals surface area contributed by atoms with Crippen molar-refractivity contribution >= 4 is 11.7 Å². The van der Waals surface area contributed by atoms with E-state index in [1.54, 1.807) is 30.7 Å². The van der Waals surface area contributed by atoms with Crippen LogP contribution in [0.4, 0.5) is 5.82 Å². The van der Waals surface area contributed by atoms with E-state index in [4.69, 9.17) is 4.74 Å². The first-order valence-corrected chi connectivity index (χ1v) is 8.48. The molecule has 0 spiro atoms. The minimum Gasteiger partial charge on any atom is -0.379 e. The number of nitrogens with zero attached hydrogens (tertiary/aromatic N) is 3. The highest BCUT2D eigenvalue weighted by molar-refractivity contribution is 5.94. The number of amides is 1. The summed E-state index contributed by atoms with van der Waals surface area (Å²) in [7, 11) is 0. The number of carbonyl (C=O) groups excluding carboxylic acids is 1. The van der Waals surface area contributed by atoms with Gasteiger partial charge in [-0.1, -0.05) is 6.07 Å². The van der Waals surface area contributed by atoms with Gasteiger partial charge < -0.3 is 15.4 Å². The molecular formula is C18H23N5O2. The molecule has 0 aliphatic carbocycles. The molecule has 1 aliphatic rings. The minimum absolute atomic E-state index is 0.123. The van der Waals surface area contributed by atoms with Gasteiger partial charge in [-0.2, -0.15) is 0 Å². The molecule has 1 saturated heterocycles. The van der Waals surface area contributed by atoms with Crippen molar-refractivity contribution in [1.82, 2.24) is 20.2 Å². The van der Waals surface area contributed by atoms with Crippen LogP contribution in [-0.2, 0) is 11.3 Å². The summed E-state index contributed by atoms with van der Waals surface area (Å²) in [4.78, 5) is 22.9. The Morgan fingerprint density at radius 2 is 2.12 bits per heavy atom. The average molecular weight is 341 g/mol. The summed E-state index contributed by atoms with van der Waals surface area (Å²) in [5.41, 5.74) is 1.56. The van der Waals surface area contributed by atoms with Crippen LogP contribution in [0.25, 0.3) is 0 Å². The molecule has 132 valence electrons. The lowest BCUT2D eigenvalue weighted by Crippen LogP contribution is -2.39. The van der Waals surface area contributed by atoms with Crippen molar-refractivity contribution < 1.29 is 9.53 Å². The van der Waals surface area contributed by atoms with Gasteiger partial charge in [0.2, 0.25) is 0 Å². The Balaban J connectivity index is 1.47. The molecule has 0 unspecified atom stereocenters. The van der Waals surface area contributed by atoms with E-state index < -0.39 is 0 Å². The van der Waals surface area contributed by atoms with Crippen molar-refractivity contribution in [2.75, 3.05) is 44.7 Å². The van der Waals surface area contributed by atoms with Crippen LogP contribution in [0.2, 0.25) is 0 Å². The fourth-order valence-electron chi connectivity index (χ4n) is 2.62. The van der Waals surface area contributed by atoms with Gasteiger partial charge in [-0.05, 0) is 23.8 Å². The van der Waals surface area contributed by atoms with Crippen LogP contribution in [0.1, 0.15) is 15.9 Å². The van der Waals surface area contributed by atoms with Gasteiger partial charge in [0, 0.05) is 56.9 Å². The van der Waals surface area contributed by atoms with E-state index in [1.807, 2.05) is 12.1 Å². The minimum atomic E-state index is -0.123. The predicted molar refractivity (Wildman–Crippen MR) is 95.4 cm³/mol. The summed E-state index contributed by atoms with van der Waals surface area (Å²) < 4.78 is 5.34. The zero-order chi connectivity index (χ0) is 17.3. The van der Waals surface area contributed by atoms with Crippen LogP contribution in [0.5, 0.6) is 0 Å². The molecule has 3 rings (SSSR count). The number of aromatic nitrogens is 2. The van der Waals surface area contributed by atoms with E-state index >= 15 is 0 Å². The predicted octanol–water partition coefficient (Wildman–Crippen LogP) is 1.15. The normalized spacial score (nSPS) is 14.9. The Morgan fingerprint density at radius 1 is 1.24 bits per heavy atom. The monoisotopic (exact) mass is 341 g/mol. The second kappa shape index (κ2) is 9.10. The van der Waals surface area contributed by atoms with Gasteiger partial charge in [0.25, 0.3) is 5.91 Å². The molecule has 2 aromatic rings. The standard InChI is InChI=1S/C18H23N5O2/c24-18(22-14-15-2-1-4-19-13-15)16-3-5-20-17(12-16)21-6-7-23-8-10-25-11-9-23/h1-5,12-13H,6-11,14H2,(H,20,21)(H,22,24). The second-order valence-corrected chi connectivity index (χ2v) is 5.85. The fourth-order valence-corrected chi connectivity index (χ4v) is 2.62. The number of morpholine rings is 1. The summed E-state index contributed by atoms with van der Waals surface area (Å²) in [6, 6.07) is 7.27. The number of rotatable bonds is 7. The fraction of sp³-hybridized carbons (Fsp3) is 0.389. The quantitative estimate of drug-likeness (QED) is 0.786. The summed E-state index contributed by atoms with van der Waals surface area (Å²) in [5, 5.41) is 6.17. The maximum absolute atomic E-state index is 12.3. The maximum atomic E-state index is 12.3. The van der Waals surface area contributed by atoms with E-state index in [2.05, 4.69) is 25.5 Å². The Labute approximate surface area is 147 Å². The first kappa shape index (κ1) is 17.3. The number of anilines is 1. The second-order valence-electron chi connectivity index (χ2n) is 5.85. The first-order chi connectivity index (χ1) is 12.3. The SMILES string of the molecule is O=C(NCc1cccnc1)c1ccnc(NCCN2CCOCC2)c1. The van der Waals surface area contributed by atoms with Crippen LogP contribution < -0.4 is 10.6 Å². The topological polar surface area (TPSA) is 79.4 Å². The Hall–Kier alpha value is -2.51. The van der Waals surface area contributed by atoms with E-state index in [0.29, 0.717) is 17.9 Å². The molecule has 3 heterocycles. The summed E-state index contributed by atoms with van der Waals surface area (Å²) in [5.74, 6) is 0.588. The molecule has 1 aliphatic heterocycles. The van der Waals surface area contributed by atoms with E-state index in [1.165, 1.54) is 0 Å². The first-order valence-electron chi connectivity index (χ1n) is 8.48. The van der Waals surface area contributed by atoms with Crippen LogP contribution in [0.3, 0.4) is 0 Å². The number of hydrogen-bond donors (Lipinski definition) is 2. The highest BCUT2D eigenvalue weighted by atomic mass is 16.5. The molecule has 2 aromatic heterocycles. The number of nitrogens with one attached hydrogen (secondary N) is 2. The van der Waals surface area contributed by atoms with E-state index in [9.17, 15) is 4.79 Å². The van der Waals surface area contributed by atoms with Gasteiger partial charge in [0.05, 0.1) is 13.2 Å². The molecule has 2 N–H and O–H groups in total. The zero-order valence-corrected chi connectivity index (χ0v) is 14.1. The largest absolute Gasteiger partial charge is 0.379 e. The lowest BCUT2D eigenvalue weighted by molar-refractivity contribution is 0.0398. The maximum Gasteiger partial charge on any atom is 0.251 e. The summed E-state index contributed by atoms with van der Waals surface area (Å²) in [6.45, 7) is 5.69. The van der Waals surface area contributed by atoms with E-state index in [-0.39, 0.29) is 5.91 Å². The van der Waals surface area contributed by atoms with Gasteiger partial charge in [-0.3, -0.25) is 14.7 Å². The molecule has 0 radical (unpaired) electrons. The van der Waals surface area contributed by atoms with Gasteiger partial charge in [-0.15, -0.1) is 0 Å². The van der Waals surface area contributed by atoms with Crippen LogP contribution in [0.15, 0.2) is 42.9 Å². The molecule has 7 heteroatoms. The van der Waals surface area contributed by atoms with Gasteiger partial charge in [0.1, 0.15) is 5.82 Å². The van der Waals surface area contributed by atoms with Crippen LogP contribution in [-0.4, -0.2) is 60.2 Å². The average Bonchev–Trinajstić information content (AvgIpc) is 2.68. The lowest BCUT2D eigenvalue weighted by Gasteiger charge is -2.26. The highest BCUT2D eigenvalue weighted by Crippen LogP contribution is 2.07. The molecular weight excluding hydrogens is 318 g/mol. The van der Waals surface area contributed by atoms with Gasteiger partial charge >= 0.3 is 0 Å². The Bertz CT molecular complexity index is 674. The van der Waals surface area contributed by atoms with Crippen molar-refractivity contribution in [3.63, 3.8) is 0 Å².